The molecule has 6 atom stereocenters. The smallest absolute Gasteiger partial charge is 0.166 e. The Balaban J connectivity index is 1.78. The predicted octanol–water partition coefficient (Wildman–Crippen LogP) is 3.33. The minimum atomic E-state index is -0.424. The Labute approximate surface area is 161 Å². The quantitative estimate of drug-likeness (QED) is 0.751. The lowest BCUT2D eigenvalue weighted by atomic mass is 9.34. The Kier molecular flexibility index (Phi) is 2.77. The highest BCUT2D eigenvalue weighted by Crippen LogP contribution is 2.78. The summed E-state index contributed by atoms with van der Waals surface area (Å²) in [5.41, 5.74) is 2.08. The van der Waals surface area contributed by atoms with E-state index >= 15 is 0 Å². The normalized spacial score (nSPS) is 48.3. The van der Waals surface area contributed by atoms with Crippen molar-refractivity contribution in [2.75, 3.05) is 27.8 Å². The molecule has 1 aromatic carbocycles. The van der Waals surface area contributed by atoms with E-state index in [9.17, 15) is 0 Å². The van der Waals surface area contributed by atoms with Gasteiger partial charge >= 0.3 is 0 Å². The summed E-state index contributed by atoms with van der Waals surface area (Å²) < 4.78 is 19.1. The summed E-state index contributed by atoms with van der Waals surface area (Å²) in [6.45, 7) is 5.77. The highest BCUT2D eigenvalue weighted by molar-refractivity contribution is 5.67. The average molecular weight is 367 g/mol. The summed E-state index contributed by atoms with van der Waals surface area (Å²) in [6.07, 6.45) is 8.22. The van der Waals surface area contributed by atoms with Gasteiger partial charge in [0.25, 0.3) is 0 Å². The molecule has 4 heteroatoms. The maximum Gasteiger partial charge on any atom is 0.166 e. The average Bonchev–Trinajstić information content (AvgIpc) is 2.94. The van der Waals surface area contributed by atoms with Crippen molar-refractivity contribution < 1.29 is 14.2 Å². The van der Waals surface area contributed by atoms with E-state index in [1.165, 1.54) is 11.1 Å². The van der Waals surface area contributed by atoms with Crippen molar-refractivity contribution in [2.24, 2.45) is 11.3 Å². The highest BCUT2D eigenvalue weighted by Gasteiger charge is 2.83. The van der Waals surface area contributed by atoms with Gasteiger partial charge in [-0.05, 0) is 57.3 Å². The molecule has 1 saturated carbocycles. The Hall–Kier alpha value is -1.52. The molecule has 2 spiro atoms. The van der Waals surface area contributed by atoms with Crippen LogP contribution in [0.15, 0.2) is 24.3 Å². The number of likely N-dealkylation sites (N-methyl/N-ethyl adjacent to an activating group) is 1. The van der Waals surface area contributed by atoms with Crippen molar-refractivity contribution in [1.82, 2.24) is 4.90 Å². The van der Waals surface area contributed by atoms with Crippen LogP contribution >= 0.6 is 0 Å². The van der Waals surface area contributed by atoms with E-state index < -0.39 is 11.2 Å². The minimum Gasteiger partial charge on any atom is -0.493 e. The van der Waals surface area contributed by atoms with E-state index in [0.29, 0.717) is 12.0 Å². The molecule has 7 rings (SSSR count). The van der Waals surface area contributed by atoms with Crippen molar-refractivity contribution in [3.05, 3.63) is 35.4 Å². The molecule has 144 valence electrons. The fourth-order valence-corrected chi connectivity index (χ4v) is 8.26. The fraction of sp³-hybridized carbons (Fsp3) is 0.652. The van der Waals surface area contributed by atoms with Crippen LogP contribution in [0.5, 0.6) is 11.5 Å². The van der Waals surface area contributed by atoms with Gasteiger partial charge in [0.2, 0.25) is 0 Å². The minimum absolute atomic E-state index is 0.0497. The number of methoxy groups -OCH3 is 2. The van der Waals surface area contributed by atoms with E-state index in [-0.39, 0.29) is 10.8 Å². The first-order valence-electron chi connectivity index (χ1n) is 10.3. The third-order valence-corrected chi connectivity index (χ3v) is 9.24. The van der Waals surface area contributed by atoms with Crippen molar-refractivity contribution in [1.29, 1.82) is 0 Å². The number of benzene rings is 1. The van der Waals surface area contributed by atoms with Crippen LogP contribution in [0.3, 0.4) is 0 Å². The number of hydrogen-bond donors (Lipinski definition) is 0. The summed E-state index contributed by atoms with van der Waals surface area (Å²) in [4.78, 5) is 2.60. The molecular formula is C23H29NO3. The van der Waals surface area contributed by atoms with Gasteiger partial charge in [0.05, 0.1) is 12.5 Å². The van der Waals surface area contributed by atoms with Gasteiger partial charge in [-0.3, -0.25) is 0 Å². The van der Waals surface area contributed by atoms with E-state index in [1.807, 2.05) is 7.11 Å². The second-order valence-electron chi connectivity index (χ2n) is 9.60. The number of likely N-dealkylation sites (tertiary alicyclic amines) is 1. The van der Waals surface area contributed by atoms with Crippen molar-refractivity contribution in [3.8, 4) is 11.5 Å². The van der Waals surface area contributed by atoms with Crippen LogP contribution in [0.1, 0.15) is 37.8 Å². The molecule has 4 bridgehead atoms. The van der Waals surface area contributed by atoms with Gasteiger partial charge in [-0.1, -0.05) is 25.1 Å². The lowest BCUT2D eigenvalue weighted by Gasteiger charge is -2.74. The van der Waals surface area contributed by atoms with E-state index in [1.54, 1.807) is 7.11 Å². The number of fused-ring (bicyclic) bond motifs is 1. The third-order valence-electron chi connectivity index (χ3n) is 9.24. The van der Waals surface area contributed by atoms with Gasteiger partial charge in [0, 0.05) is 24.1 Å². The van der Waals surface area contributed by atoms with Gasteiger partial charge in [0.15, 0.2) is 11.5 Å². The first-order chi connectivity index (χ1) is 12.9. The summed E-state index contributed by atoms with van der Waals surface area (Å²) in [6, 6.07) is 4.88. The first-order valence-corrected chi connectivity index (χ1v) is 10.3. The van der Waals surface area contributed by atoms with Crippen molar-refractivity contribution >= 4 is 0 Å². The lowest BCUT2D eigenvalue weighted by Crippen LogP contribution is -2.83. The maximum absolute atomic E-state index is 7.00. The molecule has 0 amide bonds. The molecule has 0 N–H and O–H groups in total. The molecule has 2 heterocycles. The molecule has 2 fully saturated rings. The zero-order chi connectivity index (χ0) is 18.8. The van der Waals surface area contributed by atoms with Crippen LogP contribution in [0.25, 0.3) is 0 Å². The van der Waals surface area contributed by atoms with Crippen molar-refractivity contribution in [3.63, 3.8) is 0 Å². The highest BCUT2D eigenvalue weighted by atomic mass is 16.6. The first kappa shape index (κ1) is 16.4. The largest absolute Gasteiger partial charge is 0.493 e. The molecule has 0 unspecified atom stereocenters. The Morgan fingerprint density at radius 3 is 2.74 bits per heavy atom. The third kappa shape index (κ3) is 1.33. The maximum atomic E-state index is 7.00. The molecule has 4 nitrogen and oxygen atoms in total. The zero-order valence-corrected chi connectivity index (χ0v) is 17.0. The molecule has 4 aliphatic carbocycles. The molecule has 0 radical (unpaired) electrons. The zero-order valence-electron chi connectivity index (χ0n) is 17.0. The van der Waals surface area contributed by atoms with Crippen LogP contribution in [-0.4, -0.2) is 50.0 Å². The van der Waals surface area contributed by atoms with Crippen molar-refractivity contribution in [2.45, 2.75) is 55.8 Å². The van der Waals surface area contributed by atoms with E-state index in [4.69, 9.17) is 14.2 Å². The van der Waals surface area contributed by atoms with Crippen LogP contribution in [0.4, 0.5) is 0 Å². The monoisotopic (exact) mass is 367 g/mol. The molecule has 1 saturated heterocycles. The fourth-order valence-electron chi connectivity index (χ4n) is 8.26. The van der Waals surface area contributed by atoms with Crippen LogP contribution in [0, 0.1) is 11.3 Å². The second-order valence-corrected chi connectivity index (χ2v) is 9.60. The Morgan fingerprint density at radius 2 is 2.04 bits per heavy atom. The van der Waals surface area contributed by atoms with Gasteiger partial charge in [-0.25, -0.2) is 0 Å². The van der Waals surface area contributed by atoms with Crippen LogP contribution in [0.2, 0.25) is 0 Å². The number of ether oxygens (including phenoxy) is 3. The summed E-state index contributed by atoms with van der Waals surface area (Å²) >= 11 is 0. The predicted molar refractivity (Wildman–Crippen MR) is 104 cm³/mol. The Bertz CT molecular complexity index is 896. The van der Waals surface area contributed by atoms with Crippen LogP contribution < -0.4 is 9.47 Å². The van der Waals surface area contributed by atoms with Gasteiger partial charge in [0.1, 0.15) is 11.2 Å². The number of piperidine rings is 1. The molecule has 0 aromatic heterocycles. The van der Waals surface area contributed by atoms with Gasteiger partial charge in [-0.2, -0.15) is 0 Å². The lowest BCUT2D eigenvalue weighted by molar-refractivity contribution is -0.257. The summed E-state index contributed by atoms with van der Waals surface area (Å²) in [5.74, 6) is 2.25. The molecule has 27 heavy (non-hydrogen) atoms. The SMILES string of the molecule is COc1ccc2c3c1O[C@@]1(C)[C@]34CCN(C)[C@H](C2)[C@]42C=C[C@@]1(OC)[C@@H](C)C2. The molecule has 2 aliphatic heterocycles. The van der Waals surface area contributed by atoms with E-state index in [0.717, 1.165) is 37.3 Å². The molecular weight excluding hydrogens is 338 g/mol. The topological polar surface area (TPSA) is 30.9 Å². The van der Waals surface area contributed by atoms with Crippen LogP contribution in [-0.2, 0) is 16.6 Å². The number of rotatable bonds is 2. The summed E-state index contributed by atoms with van der Waals surface area (Å²) in [5, 5.41) is 0. The second kappa shape index (κ2) is 4.55. The number of nitrogens with zero attached hydrogens (tertiary/aromatic N) is 1. The Morgan fingerprint density at radius 1 is 1.22 bits per heavy atom. The molecule has 6 aliphatic rings. The number of hydrogen-bond acceptors (Lipinski definition) is 4. The van der Waals surface area contributed by atoms with Gasteiger partial charge in [-0.15, -0.1) is 0 Å². The van der Waals surface area contributed by atoms with E-state index in [2.05, 4.69) is 50.1 Å². The summed E-state index contributed by atoms with van der Waals surface area (Å²) in [7, 11) is 5.92. The van der Waals surface area contributed by atoms with Gasteiger partial charge < -0.3 is 19.1 Å². The standard InChI is InChI=1S/C23H29NO3/c1-14-13-21-8-9-23(14,26-5)20(2)22(21)10-11-24(3)17(21)12-15-6-7-16(25-4)19(27-20)18(15)22/h6-9,14,17H,10-13H2,1-5H3/t14-,17+,20-,21+,22-,23+/m0/s1. The molecule has 1 aromatic rings.